The van der Waals surface area contributed by atoms with E-state index >= 15 is 0 Å². The predicted molar refractivity (Wildman–Crippen MR) is 91.4 cm³/mol. The molecule has 23 heavy (non-hydrogen) atoms. The van der Waals surface area contributed by atoms with Crippen LogP contribution in [0.15, 0.2) is 29.2 Å². The molecule has 1 aliphatic rings. The van der Waals surface area contributed by atoms with E-state index in [0.29, 0.717) is 5.92 Å². The van der Waals surface area contributed by atoms with Gasteiger partial charge in [0, 0.05) is 55.0 Å². The predicted octanol–water partition coefficient (Wildman–Crippen LogP) is 2.35. The van der Waals surface area contributed by atoms with Gasteiger partial charge in [0.1, 0.15) is 5.82 Å². The summed E-state index contributed by atoms with van der Waals surface area (Å²) in [5.41, 5.74) is 1.92. The Kier molecular flexibility index (Phi) is 5.35. The molecule has 0 radical (unpaired) electrons. The second kappa shape index (κ2) is 7.66. The molecule has 0 saturated carbocycles. The molecule has 3 heterocycles. The third-order valence-electron chi connectivity index (χ3n) is 4.19. The first-order chi connectivity index (χ1) is 11.2. The maximum absolute atomic E-state index is 12.0. The van der Waals surface area contributed by atoms with Crippen LogP contribution in [0.2, 0.25) is 0 Å². The van der Waals surface area contributed by atoms with E-state index in [-0.39, 0.29) is 5.91 Å². The van der Waals surface area contributed by atoms with E-state index in [1.54, 1.807) is 11.3 Å². The van der Waals surface area contributed by atoms with Crippen LogP contribution in [0, 0.1) is 5.92 Å². The minimum absolute atomic E-state index is 0.0354. The SMILES string of the molecule is CCc1ncc(CN2CC[C@H](CNC(=O)c3ccsc3)C2)cn1. The van der Waals surface area contributed by atoms with Gasteiger partial charge in [-0.1, -0.05) is 6.92 Å². The molecule has 0 unspecified atom stereocenters. The van der Waals surface area contributed by atoms with Crippen molar-refractivity contribution in [3.63, 3.8) is 0 Å². The number of aromatic nitrogens is 2. The van der Waals surface area contributed by atoms with E-state index in [4.69, 9.17) is 0 Å². The number of nitrogens with zero attached hydrogens (tertiary/aromatic N) is 3. The molecule has 122 valence electrons. The first kappa shape index (κ1) is 16.1. The third kappa shape index (κ3) is 4.36. The molecule has 2 aromatic rings. The number of hydrogen-bond acceptors (Lipinski definition) is 5. The van der Waals surface area contributed by atoms with Gasteiger partial charge in [-0.2, -0.15) is 11.3 Å². The van der Waals surface area contributed by atoms with E-state index in [1.165, 1.54) is 0 Å². The summed E-state index contributed by atoms with van der Waals surface area (Å²) in [5, 5.41) is 6.86. The first-order valence-electron chi connectivity index (χ1n) is 8.07. The second-order valence-electron chi connectivity index (χ2n) is 5.97. The summed E-state index contributed by atoms with van der Waals surface area (Å²) in [7, 11) is 0. The molecule has 1 N–H and O–H groups in total. The lowest BCUT2D eigenvalue weighted by molar-refractivity contribution is 0.0947. The average Bonchev–Trinajstić information content (AvgIpc) is 3.25. The smallest absolute Gasteiger partial charge is 0.252 e. The van der Waals surface area contributed by atoms with Gasteiger partial charge in [0.15, 0.2) is 0 Å². The Morgan fingerprint density at radius 1 is 1.43 bits per heavy atom. The lowest BCUT2D eigenvalue weighted by Crippen LogP contribution is -2.30. The van der Waals surface area contributed by atoms with E-state index in [9.17, 15) is 4.79 Å². The third-order valence-corrected chi connectivity index (χ3v) is 4.87. The van der Waals surface area contributed by atoms with Crippen molar-refractivity contribution >= 4 is 17.2 Å². The molecule has 0 aromatic carbocycles. The summed E-state index contributed by atoms with van der Waals surface area (Å²) in [6.45, 7) is 5.77. The summed E-state index contributed by atoms with van der Waals surface area (Å²) >= 11 is 1.55. The molecule has 0 bridgehead atoms. The Morgan fingerprint density at radius 3 is 2.96 bits per heavy atom. The van der Waals surface area contributed by atoms with Crippen molar-refractivity contribution in [1.29, 1.82) is 0 Å². The van der Waals surface area contributed by atoms with Gasteiger partial charge in [0.2, 0.25) is 0 Å². The van der Waals surface area contributed by atoms with E-state index in [1.807, 2.05) is 29.2 Å². The van der Waals surface area contributed by atoms with Gasteiger partial charge in [-0.3, -0.25) is 9.69 Å². The van der Waals surface area contributed by atoms with Crippen molar-refractivity contribution in [2.24, 2.45) is 5.92 Å². The van der Waals surface area contributed by atoms with Gasteiger partial charge >= 0.3 is 0 Å². The van der Waals surface area contributed by atoms with Gasteiger partial charge in [-0.15, -0.1) is 0 Å². The number of likely N-dealkylation sites (tertiary alicyclic amines) is 1. The van der Waals surface area contributed by atoms with Crippen molar-refractivity contribution in [2.45, 2.75) is 26.3 Å². The zero-order valence-corrected chi connectivity index (χ0v) is 14.2. The van der Waals surface area contributed by atoms with Gasteiger partial charge in [0.25, 0.3) is 5.91 Å². The summed E-state index contributed by atoms with van der Waals surface area (Å²) in [6.07, 6.45) is 5.85. The van der Waals surface area contributed by atoms with Crippen LogP contribution in [0.4, 0.5) is 0 Å². The van der Waals surface area contributed by atoms with Crippen LogP contribution in [-0.4, -0.2) is 40.4 Å². The topological polar surface area (TPSA) is 58.1 Å². The molecule has 3 rings (SSSR count). The highest BCUT2D eigenvalue weighted by atomic mass is 32.1. The van der Waals surface area contributed by atoms with E-state index in [2.05, 4.69) is 27.1 Å². The highest BCUT2D eigenvalue weighted by molar-refractivity contribution is 7.08. The standard InChI is InChI=1S/C17H22N4OS/c1-2-16-18-8-14(9-19-16)11-21-5-3-13(10-21)7-20-17(22)15-4-6-23-12-15/h4,6,8-9,12-13H,2-3,5,7,10-11H2,1H3,(H,20,22)/t13-/m1/s1. The zero-order chi connectivity index (χ0) is 16.1. The van der Waals surface area contributed by atoms with Crippen LogP contribution in [0.25, 0.3) is 0 Å². The monoisotopic (exact) mass is 330 g/mol. The molecule has 2 aromatic heterocycles. The maximum Gasteiger partial charge on any atom is 0.252 e. The first-order valence-corrected chi connectivity index (χ1v) is 9.01. The van der Waals surface area contributed by atoms with E-state index < -0.39 is 0 Å². The van der Waals surface area contributed by atoms with Gasteiger partial charge < -0.3 is 5.32 Å². The fraction of sp³-hybridized carbons (Fsp3) is 0.471. The molecule has 1 atom stereocenters. The molecule has 6 heteroatoms. The van der Waals surface area contributed by atoms with Crippen LogP contribution in [-0.2, 0) is 13.0 Å². The Bertz CT molecular complexity index is 627. The average molecular weight is 330 g/mol. The van der Waals surface area contributed by atoms with Crippen molar-refractivity contribution in [1.82, 2.24) is 20.2 Å². The number of amides is 1. The normalized spacial score (nSPS) is 18.2. The quantitative estimate of drug-likeness (QED) is 0.883. The van der Waals surface area contributed by atoms with Crippen LogP contribution in [0.5, 0.6) is 0 Å². The molecule has 5 nitrogen and oxygen atoms in total. The van der Waals surface area contributed by atoms with E-state index in [0.717, 1.165) is 56.0 Å². The molecular weight excluding hydrogens is 308 g/mol. The highest BCUT2D eigenvalue weighted by Crippen LogP contribution is 2.18. The molecule has 1 saturated heterocycles. The lowest BCUT2D eigenvalue weighted by Gasteiger charge is -2.16. The van der Waals surface area contributed by atoms with Crippen molar-refractivity contribution in [3.8, 4) is 0 Å². The number of thiophene rings is 1. The lowest BCUT2D eigenvalue weighted by atomic mass is 10.1. The fourth-order valence-corrected chi connectivity index (χ4v) is 3.50. The van der Waals surface area contributed by atoms with Gasteiger partial charge in [0.05, 0.1) is 0 Å². The minimum Gasteiger partial charge on any atom is -0.352 e. The Morgan fingerprint density at radius 2 is 2.26 bits per heavy atom. The molecular formula is C17H22N4OS. The molecule has 0 spiro atoms. The van der Waals surface area contributed by atoms with Crippen LogP contribution in [0.3, 0.4) is 0 Å². The summed E-state index contributed by atoms with van der Waals surface area (Å²) < 4.78 is 0. The van der Waals surface area contributed by atoms with Crippen LogP contribution >= 0.6 is 11.3 Å². The largest absolute Gasteiger partial charge is 0.352 e. The Hall–Kier alpha value is -1.79. The number of carbonyl (C=O) groups is 1. The molecule has 1 aliphatic heterocycles. The van der Waals surface area contributed by atoms with Gasteiger partial charge in [-0.05, 0) is 30.3 Å². The number of hydrogen-bond donors (Lipinski definition) is 1. The Labute approximate surface area is 140 Å². The maximum atomic E-state index is 12.0. The number of rotatable bonds is 6. The Balaban J connectivity index is 1.44. The highest BCUT2D eigenvalue weighted by Gasteiger charge is 2.23. The van der Waals surface area contributed by atoms with Crippen molar-refractivity contribution < 1.29 is 4.79 Å². The molecule has 1 amide bonds. The zero-order valence-electron chi connectivity index (χ0n) is 13.4. The van der Waals surface area contributed by atoms with Gasteiger partial charge in [-0.25, -0.2) is 9.97 Å². The second-order valence-corrected chi connectivity index (χ2v) is 6.75. The van der Waals surface area contributed by atoms with Crippen molar-refractivity contribution in [2.75, 3.05) is 19.6 Å². The molecule has 0 aliphatic carbocycles. The number of nitrogens with one attached hydrogen (secondary N) is 1. The molecule has 1 fully saturated rings. The summed E-state index contributed by atoms with van der Waals surface area (Å²) in [5.74, 6) is 1.45. The van der Waals surface area contributed by atoms with Crippen LogP contribution in [0.1, 0.15) is 35.1 Å². The van der Waals surface area contributed by atoms with Crippen molar-refractivity contribution in [3.05, 3.63) is 46.2 Å². The summed E-state index contributed by atoms with van der Waals surface area (Å²) in [4.78, 5) is 23.1. The number of aryl methyl sites for hydroxylation is 1. The summed E-state index contributed by atoms with van der Waals surface area (Å²) in [6, 6.07) is 1.86. The van der Waals surface area contributed by atoms with Crippen LogP contribution < -0.4 is 5.32 Å². The minimum atomic E-state index is 0.0354. The number of carbonyl (C=O) groups excluding carboxylic acids is 1. The fourth-order valence-electron chi connectivity index (χ4n) is 2.86.